The second kappa shape index (κ2) is 6.81. The summed E-state index contributed by atoms with van der Waals surface area (Å²) >= 11 is 0. The number of aromatic nitrogens is 2. The number of carbonyl (C=O) groups is 1. The largest absolute Gasteiger partial charge is 0.466 e. The van der Waals surface area contributed by atoms with Crippen molar-refractivity contribution in [1.29, 1.82) is 0 Å². The summed E-state index contributed by atoms with van der Waals surface area (Å²) in [6.07, 6.45) is 1.66. The van der Waals surface area contributed by atoms with Crippen LogP contribution in [0.15, 0.2) is 30.5 Å². The number of hydrogen-bond acceptors (Lipinski definition) is 5. The van der Waals surface area contributed by atoms with Gasteiger partial charge in [-0.2, -0.15) is 5.10 Å². The molecule has 0 radical (unpaired) electrons. The van der Waals surface area contributed by atoms with E-state index in [1.165, 1.54) is 0 Å². The standard InChI is InChI=1S/C14H17N3O3/c1-10(8-19-2)16-13(18)9-20-14-12-6-4-3-5-11(12)7-15-17-14/h3-7,10H,8-9H2,1-2H3,(H,16,18)/t10-/m0/s1. The van der Waals surface area contributed by atoms with Crippen LogP contribution in [0.1, 0.15) is 6.92 Å². The molecule has 0 aliphatic carbocycles. The van der Waals surface area contributed by atoms with E-state index in [-0.39, 0.29) is 18.6 Å². The Balaban J connectivity index is 1.97. The van der Waals surface area contributed by atoms with Crippen molar-refractivity contribution in [3.63, 3.8) is 0 Å². The highest BCUT2D eigenvalue weighted by atomic mass is 16.5. The lowest BCUT2D eigenvalue weighted by molar-refractivity contribution is -0.124. The predicted molar refractivity (Wildman–Crippen MR) is 74.5 cm³/mol. The van der Waals surface area contributed by atoms with E-state index >= 15 is 0 Å². The lowest BCUT2D eigenvalue weighted by Gasteiger charge is -2.13. The minimum atomic E-state index is -0.218. The monoisotopic (exact) mass is 275 g/mol. The molecule has 0 aliphatic rings. The first kappa shape index (κ1) is 14.2. The van der Waals surface area contributed by atoms with E-state index in [1.807, 2.05) is 31.2 Å². The summed E-state index contributed by atoms with van der Waals surface area (Å²) in [6, 6.07) is 7.53. The number of methoxy groups -OCH3 is 1. The van der Waals surface area contributed by atoms with Gasteiger partial charge in [-0.15, -0.1) is 5.10 Å². The van der Waals surface area contributed by atoms with Gasteiger partial charge >= 0.3 is 0 Å². The maximum Gasteiger partial charge on any atom is 0.258 e. The van der Waals surface area contributed by atoms with E-state index in [1.54, 1.807) is 13.3 Å². The molecule has 1 aromatic heterocycles. The van der Waals surface area contributed by atoms with Gasteiger partial charge in [0.05, 0.1) is 12.8 Å². The van der Waals surface area contributed by atoms with Gasteiger partial charge in [0.25, 0.3) is 5.91 Å². The van der Waals surface area contributed by atoms with Gasteiger partial charge in [-0.05, 0) is 13.0 Å². The molecule has 0 saturated heterocycles. The van der Waals surface area contributed by atoms with Crippen LogP contribution in [0.25, 0.3) is 10.8 Å². The number of nitrogens with one attached hydrogen (secondary N) is 1. The van der Waals surface area contributed by atoms with Gasteiger partial charge in [-0.1, -0.05) is 18.2 Å². The zero-order valence-corrected chi connectivity index (χ0v) is 11.5. The molecule has 1 heterocycles. The fourth-order valence-electron chi connectivity index (χ4n) is 1.85. The summed E-state index contributed by atoms with van der Waals surface area (Å²) in [5, 5.41) is 12.3. The van der Waals surface area contributed by atoms with E-state index in [9.17, 15) is 4.79 Å². The Morgan fingerprint density at radius 2 is 2.20 bits per heavy atom. The number of ether oxygens (including phenoxy) is 2. The number of rotatable bonds is 6. The minimum Gasteiger partial charge on any atom is -0.466 e. The Morgan fingerprint density at radius 3 is 3.00 bits per heavy atom. The van der Waals surface area contributed by atoms with Crippen LogP contribution in [0.3, 0.4) is 0 Å². The van der Waals surface area contributed by atoms with Crippen molar-refractivity contribution in [2.75, 3.05) is 20.3 Å². The topological polar surface area (TPSA) is 73.3 Å². The summed E-state index contributed by atoms with van der Waals surface area (Å²) in [5.41, 5.74) is 0. The average Bonchev–Trinajstić information content (AvgIpc) is 2.45. The fourth-order valence-corrected chi connectivity index (χ4v) is 1.85. The van der Waals surface area contributed by atoms with Gasteiger partial charge in [0.1, 0.15) is 0 Å². The maximum atomic E-state index is 11.7. The second-order valence-electron chi connectivity index (χ2n) is 4.45. The summed E-state index contributed by atoms with van der Waals surface area (Å²) in [6.45, 7) is 2.22. The first-order chi connectivity index (χ1) is 9.70. The van der Waals surface area contributed by atoms with E-state index in [2.05, 4.69) is 15.5 Å². The summed E-state index contributed by atoms with van der Waals surface area (Å²) in [7, 11) is 1.59. The number of carbonyl (C=O) groups excluding carboxylic acids is 1. The molecule has 20 heavy (non-hydrogen) atoms. The van der Waals surface area contributed by atoms with Crippen molar-refractivity contribution >= 4 is 16.7 Å². The van der Waals surface area contributed by atoms with E-state index in [0.717, 1.165) is 10.8 Å². The van der Waals surface area contributed by atoms with Crippen molar-refractivity contribution in [1.82, 2.24) is 15.5 Å². The molecule has 1 atom stereocenters. The molecular weight excluding hydrogens is 258 g/mol. The van der Waals surface area contributed by atoms with Crippen molar-refractivity contribution in [2.45, 2.75) is 13.0 Å². The van der Waals surface area contributed by atoms with E-state index in [4.69, 9.17) is 9.47 Å². The van der Waals surface area contributed by atoms with Gasteiger partial charge < -0.3 is 14.8 Å². The lowest BCUT2D eigenvalue weighted by atomic mass is 10.2. The number of benzene rings is 1. The van der Waals surface area contributed by atoms with Gasteiger partial charge in [-0.3, -0.25) is 4.79 Å². The third kappa shape index (κ3) is 3.64. The number of nitrogens with zero attached hydrogens (tertiary/aromatic N) is 2. The molecule has 1 aromatic carbocycles. The third-order valence-corrected chi connectivity index (χ3v) is 2.70. The fraction of sp³-hybridized carbons (Fsp3) is 0.357. The van der Waals surface area contributed by atoms with Crippen LogP contribution in [-0.4, -0.2) is 42.5 Å². The van der Waals surface area contributed by atoms with Gasteiger partial charge in [0.15, 0.2) is 6.61 Å². The van der Waals surface area contributed by atoms with E-state index < -0.39 is 0 Å². The smallest absolute Gasteiger partial charge is 0.258 e. The molecule has 0 fully saturated rings. The Morgan fingerprint density at radius 1 is 1.40 bits per heavy atom. The molecule has 0 bridgehead atoms. The molecule has 1 N–H and O–H groups in total. The van der Waals surface area contributed by atoms with Gasteiger partial charge in [0.2, 0.25) is 5.88 Å². The SMILES string of the molecule is COC[C@H](C)NC(=O)COc1nncc2ccccc12. The number of amides is 1. The Labute approximate surface area is 117 Å². The van der Waals surface area contributed by atoms with Crippen LogP contribution in [0.2, 0.25) is 0 Å². The highest BCUT2D eigenvalue weighted by Crippen LogP contribution is 2.20. The van der Waals surface area contributed by atoms with Crippen LogP contribution in [0.4, 0.5) is 0 Å². The van der Waals surface area contributed by atoms with Gasteiger partial charge in [-0.25, -0.2) is 0 Å². The maximum absolute atomic E-state index is 11.7. The molecule has 106 valence electrons. The lowest BCUT2D eigenvalue weighted by Crippen LogP contribution is -2.38. The van der Waals surface area contributed by atoms with Crippen LogP contribution >= 0.6 is 0 Å². The zero-order chi connectivity index (χ0) is 14.4. The molecule has 0 aliphatic heterocycles. The van der Waals surface area contributed by atoms with Crippen LogP contribution in [0.5, 0.6) is 5.88 Å². The normalized spacial score (nSPS) is 12.1. The third-order valence-electron chi connectivity index (χ3n) is 2.70. The summed E-state index contributed by atoms with van der Waals surface area (Å²) < 4.78 is 10.4. The minimum absolute atomic E-state index is 0.0605. The van der Waals surface area contributed by atoms with Crippen molar-refractivity contribution in [2.24, 2.45) is 0 Å². The first-order valence-electron chi connectivity index (χ1n) is 6.32. The summed E-state index contributed by atoms with van der Waals surface area (Å²) in [5.74, 6) is 0.141. The first-order valence-corrected chi connectivity index (χ1v) is 6.32. The predicted octanol–water partition coefficient (Wildman–Crippen LogP) is 1.16. The molecule has 0 spiro atoms. The highest BCUT2D eigenvalue weighted by Gasteiger charge is 2.10. The molecular formula is C14H17N3O3. The molecule has 2 rings (SSSR count). The molecule has 6 heteroatoms. The molecule has 2 aromatic rings. The average molecular weight is 275 g/mol. The zero-order valence-electron chi connectivity index (χ0n) is 11.5. The van der Waals surface area contributed by atoms with Crippen molar-refractivity contribution in [3.8, 4) is 5.88 Å². The van der Waals surface area contributed by atoms with Gasteiger partial charge in [0, 0.05) is 23.9 Å². The van der Waals surface area contributed by atoms with Crippen LogP contribution in [-0.2, 0) is 9.53 Å². The second-order valence-corrected chi connectivity index (χ2v) is 4.45. The van der Waals surface area contributed by atoms with Crippen LogP contribution < -0.4 is 10.1 Å². The molecule has 0 saturated carbocycles. The van der Waals surface area contributed by atoms with Crippen LogP contribution in [0, 0.1) is 0 Å². The Hall–Kier alpha value is -2.21. The quantitative estimate of drug-likeness (QED) is 0.856. The number of hydrogen-bond donors (Lipinski definition) is 1. The Kier molecular flexibility index (Phi) is 4.84. The van der Waals surface area contributed by atoms with E-state index in [0.29, 0.717) is 12.5 Å². The highest BCUT2D eigenvalue weighted by molar-refractivity contribution is 5.86. The Bertz CT molecular complexity index is 583. The van der Waals surface area contributed by atoms with Crippen molar-refractivity contribution in [3.05, 3.63) is 30.5 Å². The molecule has 0 unspecified atom stereocenters. The van der Waals surface area contributed by atoms with Crippen molar-refractivity contribution < 1.29 is 14.3 Å². The molecule has 6 nitrogen and oxygen atoms in total. The summed E-state index contributed by atoms with van der Waals surface area (Å²) in [4.78, 5) is 11.7. The number of fused-ring (bicyclic) bond motifs is 1. The molecule has 1 amide bonds.